The number of hydrogen-bond donors (Lipinski definition) is 1. The lowest BCUT2D eigenvalue weighted by Gasteiger charge is -2.19. The van der Waals surface area contributed by atoms with E-state index in [-0.39, 0.29) is 0 Å². The molecule has 104 valence electrons. The molecule has 0 atom stereocenters. The lowest BCUT2D eigenvalue weighted by Crippen LogP contribution is -2.15. The fourth-order valence-electron chi connectivity index (χ4n) is 2.34. The minimum Gasteiger partial charge on any atom is -0.486 e. The molecule has 1 aliphatic heterocycles. The van der Waals surface area contributed by atoms with E-state index in [1.165, 1.54) is 0 Å². The van der Waals surface area contributed by atoms with Gasteiger partial charge in [-0.05, 0) is 32.0 Å². The van der Waals surface area contributed by atoms with Gasteiger partial charge in [-0.3, -0.25) is 0 Å². The van der Waals surface area contributed by atoms with Crippen molar-refractivity contribution < 1.29 is 9.47 Å². The molecule has 0 amide bonds. The first-order chi connectivity index (χ1) is 9.69. The number of ether oxygens (including phenoxy) is 2. The van der Waals surface area contributed by atoms with Gasteiger partial charge in [0, 0.05) is 18.2 Å². The van der Waals surface area contributed by atoms with Crippen molar-refractivity contribution in [2.45, 2.75) is 13.8 Å². The molecule has 3 rings (SSSR count). The lowest BCUT2D eigenvalue weighted by molar-refractivity contribution is 0.171. The fourth-order valence-corrected chi connectivity index (χ4v) is 2.34. The molecular formula is C15H17N3O2. The second kappa shape index (κ2) is 5.00. The van der Waals surface area contributed by atoms with Gasteiger partial charge in [0.15, 0.2) is 11.5 Å². The highest BCUT2D eigenvalue weighted by atomic mass is 16.6. The molecule has 0 spiro atoms. The number of rotatable bonds is 2. The average molecular weight is 271 g/mol. The van der Waals surface area contributed by atoms with Crippen molar-refractivity contribution in [3.8, 4) is 22.8 Å². The Morgan fingerprint density at radius 1 is 1.05 bits per heavy atom. The van der Waals surface area contributed by atoms with Gasteiger partial charge in [0.05, 0.1) is 5.69 Å². The summed E-state index contributed by atoms with van der Waals surface area (Å²) in [5, 5.41) is 3.10. The molecule has 0 aliphatic carbocycles. The highest BCUT2D eigenvalue weighted by Gasteiger charge is 2.15. The van der Waals surface area contributed by atoms with Gasteiger partial charge in [-0.15, -0.1) is 0 Å². The van der Waals surface area contributed by atoms with E-state index in [4.69, 9.17) is 9.47 Å². The maximum absolute atomic E-state index is 5.63. The number of nitrogens with one attached hydrogen (secondary N) is 1. The van der Waals surface area contributed by atoms with Gasteiger partial charge >= 0.3 is 0 Å². The van der Waals surface area contributed by atoms with Crippen LogP contribution in [0.15, 0.2) is 18.2 Å². The number of aromatic nitrogens is 2. The minimum absolute atomic E-state index is 0.583. The van der Waals surface area contributed by atoms with Crippen LogP contribution < -0.4 is 14.8 Å². The van der Waals surface area contributed by atoms with Crippen LogP contribution in [0.2, 0.25) is 0 Å². The summed E-state index contributed by atoms with van der Waals surface area (Å²) in [5.41, 5.74) is 2.95. The molecule has 0 saturated carbocycles. The number of nitrogens with zero attached hydrogens (tertiary/aromatic N) is 2. The summed E-state index contributed by atoms with van der Waals surface area (Å²) in [6.07, 6.45) is 0. The Morgan fingerprint density at radius 3 is 2.55 bits per heavy atom. The standard InChI is InChI=1S/C15H17N3O2/c1-9-14(17-10(2)18-15(9)16-3)11-4-5-12-13(8-11)20-7-6-19-12/h4-5,8H,6-7H2,1-3H3,(H,16,17,18). The number of benzene rings is 1. The maximum atomic E-state index is 5.63. The zero-order valence-corrected chi connectivity index (χ0v) is 11.9. The number of fused-ring (bicyclic) bond motifs is 1. The van der Waals surface area contributed by atoms with Crippen molar-refractivity contribution in [2.24, 2.45) is 0 Å². The molecule has 1 N–H and O–H groups in total. The molecule has 0 saturated heterocycles. The summed E-state index contributed by atoms with van der Waals surface area (Å²) in [6, 6.07) is 5.91. The Kier molecular flexibility index (Phi) is 3.18. The molecular weight excluding hydrogens is 254 g/mol. The molecule has 2 heterocycles. The maximum Gasteiger partial charge on any atom is 0.162 e. The van der Waals surface area contributed by atoms with E-state index in [9.17, 15) is 0 Å². The molecule has 0 unspecified atom stereocenters. The van der Waals surface area contributed by atoms with Gasteiger partial charge in [0.1, 0.15) is 24.9 Å². The molecule has 1 aromatic carbocycles. The topological polar surface area (TPSA) is 56.3 Å². The van der Waals surface area contributed by atoms with Gasteiger partial charge in [0.25, 0.3) is 0 Å². The normalized spacial score (nSPS) is 13.2. The average Bonchev–Trinajstić information content (AvgIpc) is 2.48. The van der Waals surface area contributed by atoms with Crippen molar-refractivity contribution in [1.29, 1.82) is 0 Å². The molecule has 2 aromatic rings. The van der Waals surface area contributed by atoms with Crippen LogP contribution >= 0.6 is 0 Å². The zero-order chi connectivity index (χ0) is 14.1. The van der Waals surface area contributed by atoms with E-state index in [1.54, 1.807) is 0 Å². The van der Waals surface area contributed by atoms with Crippen LogP contribution in [-0.2, 0) is 0 Å². The van der Waals surface area contributed by atoms with Gasteiger partial charge in [-0.2, -0.15) is 0 Å². The van der Waals surface area contributed by atoms with Gasteiger partial charge in [-0.1, -0.05) is 0 Å². The predicted octanol–water partition coefficient (Wildman–Crippen LogP) is 2.57. The summed E-state index contributed by atoms with van der Waals surface area (Å²) in [7, 11) is 1.86. The van der Waals surface area contributed by atoms with Crippen LogP contribution in [0.25, 0.3) is 11.3 Å². The van der Waals surface area contributed by atoms with E-state index >= 15 is 0 Å². The molecule has 0 radical (unpaired) electrons. The van der Waals surface area contributed by atoms with Crippen molar-refractivity contribution >= 4 is 5.82 Å². The Morgan fingerprint density at radius 2 is 1.80 bits per heavy atom. The second-order valence-electron chi connectivity index (χ2n) is 4.70. The van der Waals surface area contributed by atoms with Crippen molar-refractivity contribution in [3.63, 3.8) is 0 Å². The van der Waals surface area contributed by atoms with Crippen molar-refractivity contribution in [1.82, 2.24) is 9.97 Å². The van der Waals surface area contributed by atoms with Gasteiger partial charge < -0.3 is 14.8 Å². The minimum atomic E-state index is 0.583. The third-order valence-electron chi connectivity index (χ3n) is 3.31. The molecule has 5 heteroatoms. The quantitative estimate of drug-likeness (QED) is 0.909. The summed E-state index contributed by atoms with van der Waals surface area (Å²) in [6.45, 7) is 5.08. The van der Waals surface area contributed by atoms with Crippen molar-refractivity contribution in [3.05, 3.63) is 29.6 Å². The third kappa shape index (κ3) is 2.15. The number of anilines is 1. The molecule has 5 nitrogen and oxygen atoms in total. The highest BCUT2D eigenvalue weighted by Crippen LogP contribution is 2.35. The van der Waals surface area contributed by atoms with E-state index in [1.807, 2.05) is 39.1 Å². The van der Waals surface area contributed by atoms with Crippen LogP contribution in [0.3, 0.4) is 0 Å². The third-order valence-corrected chi connectivity index (χ3v) is 3.31. The first-order valence-electron chi connectivity index (χ1n) is 6.62. The molecule has 20 heavy (non-hydrogen) atoms. The van der Waals surface area contributed by atoms with Gasteiger partial charge in [-0.25, -0.2) is 9.97 Å². The smallest absolute Gasteiger partial charge is 0.162 e. The van der Waals surface area contributed by atoms with E-state index in [0.29, 0.717) is 13.2 Å². The second-order valence-corrected chi connectivity index (χ2v) is 4.70. The van der Waals surface area contributed by atoms with Gasteiger partial charge in [0.2, 0.25) is 0 Å². The summed E-state index contributed by atoms with van der Waals surface area (Å²) in [4.78, 5) is 8.94. The van der Waals surface area contributed by atoms with Crippen LogP contribution in [0.5, 0.6) is 11.5 Å². The summed E-state index contributed by atoms with van der Waals surface area (Å²) < 4.78 is 11.2. The lowest BCUT2D eigenvalue weighted by atomic mass is 10.1. The largest absolute Gasteiger partial charge is 0.486 e. The Labute approximate surface area is 118 Å². The summed E-state index contributed by atoms with van der Waals surface area (Å²) >= 11 is 0. The first-order valence-corrected chi connectivity index (χ1v) is 6.62. The first kappa shape index (κ1) is 12.7. The Balaban J connectivity index is 2.11. The van der Waals surface area contributed by atoms with Crippen LogP contribution in [0.4, 0.5) is 5.82 Å². The van der Waals surface area contributed by atoms with Crippen molar-refractivity contribution in [2.75, 3.05) is 25.6 Å². The van der Waals surface area contributed by atoms with E-state index in [0.717, 1.165) is 40.0 Å². The Bertz CT molecular complexity index is 656. The monoisotopic (exact) mass is 271 g/mol. The number of aryl methyl sites for hydroxylation is 1. The fraction of sp³-hybridized carbons (Fsp3) is 0.333. The predicted molar refractivity (Wildman–Crippen MR) is 77.5 cm³/mol. The molecule has 0 fully saturated rings. The Hall–Kier alpha value is -2.30. The molecule has 1 aromatic heterocycles. The van der Waals surface area contributed by atoms with E-state index < -0.39 is 0 Å². The van der Waals surface area contributed by atoms with Crippen LogP contribution in [0.1, 0.15) is 11.4 Å². The summed E-state index contributed by atoms with van der Waals surface area (Å²) in [5.74, 6) is 3.15. The molecule has 0 bridgehead atoms. The van der Waals surface area contributed by atoms with Crippen LogP contribution in [-0.4, -0.2) is 30.2 Å². The van der Waals surface area contributed by atoms with E-state index in [2.05, 4.69) is 15.3 Å². The zero-order valence-electron chi connectivity index (χ0n) is 11.9. The van der Waals surface area contributed by atoms with Crippen LogP contribution in [0, 0.1) is 13.8 Å². The molecule has 1 aliphatic rings. The SMILES string of the molecule is CNc1nc(C)nc(-c2ccc3c(c2)OCCO3)c1C. The number of hydrogen-bond acceptors (Lipinski definition) is 5. The highest BCUT2D eigenvalue weighted by molar-refractivity contribution is 5.70.